The van der Waals surface area contributed by atoms with Crippen molar-refractivity contribution in [2.24, 2.45) is 0 Å². The van der Waals surface area contributed by atoms with Crippen molar-refractivity contribution >= 4 is 29.3 Å². The van der Waals surface area contributed by atoms with Crippen LogP contribution in [0, 0.1) is 10.1 Å². The molecular formula is C18H15NO4S. The molecule has 0 amide bonds. The van der Waals surface area contributed by atoms with Gasteiger partial charge in [-0.15, -0.1) is 0 Å². The number of rotatable bonds is 6. The van der Waals surface area contributed by atoms with Gasteiger partial charge < -0.3 is 4.74 Å². The molecule has 1 aliphatic rings. The third-order valence-corrected chi connectivity index (χ3v) is 4.80. The van der Waals surface area contributed by atoms with Crippen molar-refractivity contribution in [2.75, 3.05) is 11.5 Å². The zero-order valence-corrected chi connectivity index (χ0v) is 13.6. The quantitative estimate of drug-likeness (QED) is 0.344. The van der Waals surface area contributed by atoms with Gasteiger partial charge in [-0.2, -0.15) is 11.8 Å². The first-order chi connectivity index (χ1) is 11.6. The van der Waals surface area contributed by atoms with E-state index < -0.39 is 4.92 Å². The van der Waals surface area contributed by atoms with Crippen molar-refractivity contribution in [1.82, 2.24) is 0 Å². The lowest BCUT2D eigenvalue weighted by Crippen LogP contribution is -2.30. The molecule has 2 aromatic carbocycles. The Morgan fingerprint density at radius 2 is 1.79 bits per heavy atom. The molecule has 1 aliphatic heterocycles. The maximum Gasteiger partial charge on any atom is 0.269 e. The minimum absolute atomic E-state index is 0.0315. The van der Waals surface area contributed by atoms with E-state index in [9.17, 15) is 14.9 Å². The van der Waals surface area contributed by atoms with Gasteiger partial charge in [-0.1, -0.05) is 18.2 Å². The number of nitrogens with zero attached hydrogens (tertiary/aromatic N) is 1. The normalized spacial score (nSPS) is 14.3. The molecule has 0 N–H and O–H groups in total. The van der Waals surface area contributed by atoms with E-state index in [1.807, 2.05) is 36.0 Å². The van der Waals surface area contributed by atoms with Crippen LogP contribution in [0.4, 0.5) is 5.69 Å². The fourth-order valence-corrected chi connectivity index (χ4v) is 2.71. The summed E-state index contributed by atoms with van der Waals surface area (Å²) in [6.07, 6.45) is 3.48. The molecule has 0 spiro atoms. The second-order valence-corrected chi connectivity index (χ2v) is 6.42. The molecule has 5 nitrogen and oxygen atoms in total. The van der Waals surface area contributed by atoms with Crippen molar-refractivity contribution in [3.05, 3.63) is 75.8 Å². The molecule has 24 heavy (non-hydrogen) atoms. The Kier molecular flexibility index (Phi) is 4.96. The van der Waals surface area contributed by atoms with Gasteiger partial charge in [0.05, 0.1) is 4.92 Å². The van der Waals surface area contributed by atoms with E-state index in [0.717, 1.165) is 22.8 Å². The molecule has 0 bridgehead atoms. The molecule has 2 aromatic rings. The molecule has 1 saturated heterocycles. The monoisotopic (exact) mass is 341 g/mol. The molecule has 0 aliphatic carbocycles. The number of nitro groups is 1. The number of hydrogen-bond acceptors (Lipinski definition) is 5. The summed E-state index contributed by atoms with van der Waals surface area (Å²) in [6.45, 7) is 0. The molecule has 0 unspecified atom stereocenters. The highest BCUT2D eigenvalue weighted by Crippen LogP contribution is 2.24. The fraction of sp³-hybridized carbons (Fsp3) is 0.167. The maximum absolute atomic E-state index is 12.1. The van der Waals surface area contributed by atoms with E-state index in [0.29, 0.717) is 11.7 Å². The summed E-state index contributed by atoms with van der Waals surface area (Å²) in [5.41, 5.74) is 1.27. The van der Waals surface area contributed by atoms with Gasteiger partial charge in [0.25, 0.3) is 5.69 Å². The molecule has 0 saturated carbocycles. The Labute approximate surface area is 143 Å². The highest BCUT2D eigenvalue weighted by Gasteiger charge is 2.19. The molecule has 1 heterocycles. The number of allylic oxidation sites excluding steroid dienone is 1. The number of carbonyl (C=O) groups is 1. The van der Waals surface area contributed by atoms with Crippen molar-refractivity contribution < 1.29 is 14.5 Å². The SMILES string of the molecule is O=C(C=Cc1ccc(OC2CSC2)cc1)c1ccc([N+](=O)[O-])cc1. The second kappa shape index (κ2) is 7.31. The van der Waals surface area contributed by atoms with E-state index in [2.05, 4.69) is 0 Å². The van der Waals surface area contributed by atoms with Crippen LogP contribution in [0.5, 0.6) is 5.75 Å². The zero-order chi connectivity index (χ0) is 16.9. The van der Waals surface area contributed by atoms with Gasteiger partial charge >= 0.3 is 0 Å². The van der Waals surface area contributed by atoms with Crippen LogP contribution in [-0.4, -0.2) is 28.3 Å². The van der Waals surface area contributed by atoms with E-state index in [4.69, 9.17) is 4.74 Å². The predicted octanol–water partition coefficient (Wildman–Crippen LogP) is 3.99. The highest BCUT2D eigenvalue weighted by atomic mass is 32.2. The first kappa shape index (κ1) is 16.3. The van der Waals surface area contributed by atoms with Crippen molar-refractivity contribution in [1.29, 1.82) is 0 Å². The summed E-state index contributed by atoms with van der Waals surface area (Å²) in [5.74, 6) is 2.70. The van der Waals surface area contributed by atoms with Crippen molar-refractivity contribution in [2.45, 2.75) is 6.10 Å². The third kappa shape index (κ3) is 4.02. The van der Waals surface area contributed by atoms with Crippen LogP contribution < -0.4 is 4.74 Å². The smallest absolute Gasteiger partial charge is 0.269 e. The van der Waals surface area contributed by atoms with Gasteiger partial charge in [0.15, 0.2) is 5.78 Å². The van der Waals surface area contributed by atoms with E-state index in [-0.39, 0.29) is 11.5 Å². The lowest BCUT2D eigenvalue weighted by Gasteiger charge is -2.25. The second-order valence-electron chi connectivity index (χ2n) is 5.35. The average molecular weight is 341 g/mol. The van der Waals surface area contributed by atoms with E-state index in [1.54, 1.807) is 6.08 Å². The molecular weight excluding hydrogens is 326 g/mol. The van der Waals surface area contributed by atoms with Gasteiger partial charge in [-0.05, 0) is 35.9 Å². The molecule has 0 atom stereocenters. The van der Waals surface area contributed by atoms with Crippen LogP contribution in [0.2, 0.25) is 0 Å². The van der Waals surface area contributed by atoms with Crippen molar-refractivity contribution in [3.63, 3.8) is 0 Å². The standard InChI is InChI=1S/C18H15NO4S/c20-18(14-4-6-15(7-5-14)19(21)22)10-3-13-1-8-16(9-2-13)23-17-11-24-12-17/h1-10,17H,11-12H2. The first-order valence-corrected chi connectivity index (χ1v) is 8.58. The topological polar surface area (TPSA) is 69.4 Å². The maximum atomic E-state index is 12.1. The largest absolute Gasteiger partial charge is 0.489 e. The number of carbonyl (C=O) groups excluding carboxylic acids is 1. The summed E-state index contributed by atoms with van der Waals surface area (Å²) in [7, 11) is 0. The summed E-state index contributed by atoms with van der Waals surface area (Å²) < 4.78 is 5.76. The lowest BCUT2D eigenvalue weighted by molar-refractivity contribution is -0.384. The Balaban J connectivity index is 1.61. The van der Waals surface area contributed by atoms with E-state index >= 15 is 0 Å². The summed E-state index contributed by atoms with van der Waals surface area (Å²) in [5, 5.41) is 10.6. The fourth-order valence-electron chi connectivity index (χ4n) is 2.15. The summed E-state index contributed by atoms with van der Waals surface area (Å²) in [6, 6.07) is 13.1. The third-order valence-electron chi connectivity index (χ3n) is 3.58. The number of benzene rings is 2. The summed E-state index contributed by atoms with van der Waals surface area (Å²) >= 11 is 1.87. The van der Waals surface area contributed by atoms with Crippen LogP contribution in [0.1, 0.15) is 15.9 Å². The Morgan fingerprint density at radius 3 is 2.33 bits per heavy atom. The summed E-state index contributed by atoms with van der Waals surface area (Å²) in [4.78, 5) is 22.2. The van der Waals surface area contributed by atoms with Gasteiger partial charge in [0.1, 0.15) is 11.9 Å². The number of ketones is 1. The number of non-ortho nitro benzene ring substituents is 1. The molecule has 0 radical (unpaired) electrons. The van der Waals surface area contributed by atoms with E-state index in [1.165, 1.54) is 30.3 Å². The number of nitro benzene ring substituents is 1. The first-order valence-electron chi connectivity index (χ1n) is 7.43. The number of hydrogen-bond donors (Lipinski definition) is 0. The lowest BCUT2D eigenvalue weighted by atomic mass is 10.1. The van der Waals surface area contributed by atoms with Crippen molar-refractivity contribution in [3.8, 4) is 5.75 Å². The molecule has 0 aromatic heterocycles. The van der Waals surface area contributed by atoms with Gasteiger partial charge in [0, 0.05) is 29.2 Å². The Morgan fingerprint density at radius 1 is 1.12 bits per heavy atom. The molecule has 3 rings (SSSR count). The minimum Gasteiger partial charge on any atom is -0.489 e. The molecule has 1 fully saturated rings. The predicted molar refractivity (Wildman–Crippen MR) is 94.6 cm³/mol. The van der Waals surface area contributed by atoms with Crippen LogP contribution in [-0.2, 0) is 0 Å². The van der Waals surface area contributed by atoms with Crippen LogP contribution in [0.25, 0.3) is 6.08 Å². The van der Waals surface area contributed by atoms with Crippen LogP contribution in [0.3, 0.4) is 0 Å². The molecule has 122 valence electrons. The average Bonchev–Trinajstić information content (AvgIpc) is 2.57. The number of thioether (sulfide) groups is 1. The van der Waals surface area contributed by atoms with Gasteiger partial charge in [-0.3, -0.25) is 14.9 Å². The molecule has 6 heteroatoms. The minimum atomic E-state index is -0.490. The van der Waals surface area contributed by atoms with Gasteiger partial charge in [0.2, 0.25) is 0 Å². The zero-order valence-electron chi connectivity index (χ0n) is 12.8. The highest BCUT2D eigenvalue weighted by molar-refractivity contribution is 8.00. The number of ether oxygens (including phenoxy) is 1. The Hall–Kier alpha value is -2.60. The van der Waals surface area contributed by atoms with Gasteiger partial charge in [-0.25, -0.2) is 0 Å². The van der Waals surface area contributed by atoms with Crippen LogP contribution >= 0.6 is 11.8 Å². The Bertz CT molecular complexity index is 765. The van der Waals surface area contributed by atoms with Crippen LogP contribution in [0.15, 0.2) is 54.6 Å².